The fourth-order valence-electron chi connectivity index (χ4n) is 3.72. The van der Waals surface area contributed by atoms with Crippen molar-refractivity contribution in [3.63, 3.8) is 0 Å². The Morgan fingerprint density at radius 1 is 1.30 bits per heavy atom. The number of hydrogen-bond donors (Lipinski definition) is 2. The summed E-state index contributed by atoms with van der Waals surface area (Å²) >= 11 is 7.29. The van der Waals surface area contributed by atoms with Gasteiger partial charge in [0.1, 0.15) is 5.54 Å². The number of amides is 4. The van der Waals surface area contributed by atoms with Crippen LogP contribution >= 0.6 is 22.9 Å². The zero-order valence-corrected chi connectivity index (χ0v) is 16.2. The molecule has 1 spiro atoms. The number of fused-ring (bicyclic) bond motifs is 1. The summed E-state index contributed by atoms with van der Waals surface area (Å²) in [5.41, 5.74) is 0.00557. The average molecular weight is 407 g/mol. The molecule has 1 saturated carbocycles. The van der Waals surface area contributed by atoms with Gasteiger partial charge in [0, 0.05) is 18.0 Å². The highest BCUT2D eigenvalue weighted by atomic mass is 35.5. The SMILES string of the molecule is O=C(CCN1C(=O)NC2(CCCCC2)C1=O)Nc1nc2ccc(Cl)cc2s1. The highest BCUT2D eigenvalue weighted by molar-refractivity contribution is 7.22. The van der Waals surface area contributed by atoms with Crippen LogP contribution in [0.15, 0.2) is 18.2 Å². The second kappa shape index (κ2) is 7.09. The van der Waals surface area contributed by atoms with Crippen LogP contribution in [0.5, 0.6) is 0 Å². The molecule has 2 aliphatic rings. The molecule has 27 heavy (non-hydrogen) atoms. The van der Waals surface area contributed by atoms with Crippen molar-refractivity contribution in [2.45, 2.75) is 44.1 Å². The molecule has 1 aromatic heterocycles. The molecule has 0 atom stereocenters. The van der Waals surface area contributed by atoms with Crippen molar-refractivity contribution in [2.75, 3.05) is 11.9 Å². The molecule has 0 bridgehead atoms. The predicted octanol–water partition coefficient (Wildman–Crippen LogP) is 3.53. The maximum Gasteiger partial charge on any atom is 0.325 e. The van der Waals surface area contributed by atoms with Crippen LogP contribution in [0.2, 0.25) is 5.02 Å². The lowest BCUT2D eigenvalue weighted by Crippen LogP contribution is -2.48. The van der Waals surface area contributed by atoms with Crippen LogP contribution in [0.4, 0.5) is 9.93 Å². The number of carbonyl (C=O) groups is 3. The van der Waals surface area contributed by atoms with Gasteiger partial charge in [-0.15, -0.1) is 0 Å². The number of benzene rings is 1. The molecular weight excluding hydrogens is 388 g/mol. The summed E-state index contributed by atoms with van der Waals surface area (Å²) in [6.07, 6.45) is 4.33. The molecule has 7 nitrogen and oxygen atoms in total. The molecule has 1 aromatic carbocycles. The number of imide groups is 1. The third kappa shape index (κ3) is 3.51. The van der Waals surface area contributed by atoms with Crippen molar-refractivity contribution in [3.8, 4) is 0 Å². The molecule has 0 radical (unpaired) electrons. The number of nitrogens with one attached hydrogen (secondary N) is 2. The van der Waals surface area contributed by atoms with Crippen molar-refractivity contribution in [1.29, 1.82) is 0 Å². The van der Waals surface area contributed by atoms with Gasteiger partial charge in [0.25, 0.3) is 5.91 Å². The Hall–Kier alpha value is -2.19. The number of anilines is 1. The van der Waals surface area contributed by atoms with E-state index < -0.39 is 11.6 Å². The van der Waals surface area contributed by atoms with Crippen LogP contribution in [0.1, 0.15) is 38.5 Å². The molecule has 1 aliphatic carbocycles. The van der Waals surface area contributed by atoms with Gasteiger partial charge < -0.3 is 10.6 Å². The zero-order chi connectivity index (χ0) is 19.0. The first-order chi connectivity index (χ1) is 13.0. The number of hydrogen-bond acceptors (Lipinski definition) is 5. The minimum Gasteiger partial charge on any atom is -0.323 e. The van der Waals surface area contributed by atoms with Gasteiger partial charge in [-0.05, 0) is 31.0 Å². The lowest BCUT2D eigenvalue weighted by atomic mass is 9.82. The van der Waals surface area contributed by atoms with E-state index in [1.165, 1.54) is 16.2 Å². The van der Waals surface area contributed by atoms with Crippen LogP contribution < -0.4 is 10.6 Å². The van der Waals surface area contributed by atoms with Crippen molar-refractivity contribution >= 4 is 56.1 Å². The molecule has 4 amide bonds. The van der Waals surface area contributed by atoms with E-state index >= 15 is 0 Å². The van der Waals surface area contributed by atoms with Gasteiger partial charge in [-0.25, -0.2) is 9.78 Å². The van der Waals surface area contributed by atoms with Gasteiger partial charge in [-0.3, -0.25) is 14.5 Å². The summed E-state index contributed by atoms with van der Waals surface area (Å²) in [4.78, 5) is 42.7. The van der Waals surface area contributed by atoms with E-state index in [-0.39, 0.29) is 24.8 Å². The summed E-state index contributed by atoms with van der Waals surface area (Å²) in [7, 11) is 0. The van der Waals surface area contributed by atoms with E-state index in [1.54, 1.807) is 18.2 Å². The van der Waals surface area contributed by atoms with Crippen LogP contribution in [-0.4, -0.2) is 39.8 Å². The van der Waals surface area contributed by atoms with E-state index in [1.807, 2.05) is 0 Å². The Bertz CT molecular complexity index is 922. The largest absolute Gasteiger partial charge is 0.325 e. The fourth-order valence-corrected chi connectivity index (χ4v) is 4.88. The maximum atomic E-state index is 12.7. The normalized spacial score (nSPS) is 18.9. The molecule has 2 heterocycles. The number of carbonyl (C=O) groups excluding carboxylic acids is 3. The maximum absolute atomic E-state index is 12.7. The molecule has 2 N–H and O–H groups in total. The molecule has 2 aromatic rings. The topological polar surface area (TPSA) is 91.4 Å². The summed E-state index contributed by atoms with van der Waals surface area (Å²) in [6.45, 7) is 0.0645. The first-order valence-electron chi connectivity index (χ1n) is 8.97. The third-order valence-electron chi connectivity index (χ3n) is 5.11. The molecule has 0 unspecified atom stereocenters. The monoisotopic (exact) mass is 406 g/mol. The molecule has 4 rings (SSSR count). The number of halogens is 1. The number of aromatic nitrogens is 1. The van der Waals surface area contributed by atoms with Gasteiger partial charge in [0.15, 0.2) is 5.13 Å². The van der Waals surface area contributed by atoms with E-state index in [9.17, 15) is 14.4 Å². The first-order valence-corrected chi connectivity index (χ1v) is 10.2. The highest BCUT2D eigenvalue weighted by Crippen LogP contribution is 2.33. The summed E-state index contributed by atoms with van der Waals surface area (Å²) < 4.78 is 0.881. The smallest absolute Gasteiger partial charge is 0.323 e. The average Bonchev–Trinajstić information content (AvgIpc) is 3.12. The third-order valence-corrected chi connectivity index (χ3v) is 6.28. The van der Waals surface area contributed by atoms with Gasteiger partial charge in [-0.2, -0.15) is 0 Å². The summed E-state index contributed by atoms with van der Waals surface area (Å²) in [6, 6.07) is 4.93. The molecule has 1 aliphatic heterocycles. The predicted molar refractivity (Wildman–Crippen MR) is 104 cm³/mol. The second-order valence-corrected chi connectivity index (χ2v) is 8.43. The second-order valence-electron chi connectivity index (χ2n) is 6.96. The standard InChI is InChI=1S/C18H19ClN4O3S/c19-11-4-5-12-13(10-11)27-16(20-12)21-14(24)6-9-23-15(25)18(22-17(23)26)7-2-1-3-8-18/h4-5,10H,1-3,6-9H2,(H,22,26)(H,20,21,24). The quantitative estimate of drug-likeness (QED) is 0.760. The van der Waals surface area contributed by atoms with Crippen LogP contribution in [0.3, 0.4) is 0 Å². The zero-order valence-electron chi connectivity index (χ0n) is 14.6. The van der Waals surface area contributed by atoms with Crippen molar-refractivity contribution in [2.24, 2.45) is 0 Å². The minimum absolute atomic E-state index is 0.0337. The van der Waals surface area contributed by atoms with Crippen LogP contribution in [0, 0.1) is 0 Å². The molecule has 142 valence electrons. The number of urea groups is 1. The molecule has 1 saturated heterocycles. The summed E-state index contributed by atoms with van der Waals surface area (Å²) in [5, 5.41) is 6.66. The Morgan fingerprint density at radius 3 is 2.85 bits per heavy atom. The fraction of sp³-hybridized carbons (Fsp3) is 0.444. The number of thiazole rings is 1. The van der Waals surface area contributed by atoms with Gasteiger partial charge in [0.2, 0.25) is 5.91 Å². The number of rotatable bonds is 4. The minimum atomic E-state index is -0.752. The molecular formula is C18H19ClN4O3S. The van der Waals surface area contributed by atoms with Crippen LogP contribution in [0.25, 0.3) is 10.2 Å². The first kappa shape index (κ1) is 18.2. The Balaban J connectivity index is 1.37. The van der Waals surface area contributed by atoms with Gasteiger partial charge in [-0.1, -0.05) is 42.2 Å². The lowest BCUT2D eigenvalue weighted by Gasteiger charge is -2.30. The molecule has 9 heteroatoms. The van der Waals surface area contributed by atoms with Gasteiger partial charge >= 0.3 is 6.03 Å². The van der Waals surface area contributed by atoms with E-state index in [0.717, 1.165) is 29.5 Å². The lowest BCUT2D eigenvalue weighted by molar-refractivity contribution is -0.132. The van der Waals surface area contributed by atoms with Crippen molar-refractivity contribution < 1.29 is 14.4 Å². The Labute approximate surface area is 165 Å². The summed E-state index contributed by atoms with van der Waals surface area (Å²) in [5.74, 6) is -0.486. The Kier molecular flexibility index (Phi) is 4.77. The van der Waals surface area contributed by atoms with Crippen molar-refractivity contribution in [3.05, 3.63) is 23.2 Å². The van der Waals surface area contributed by atoms with Crippen LogP contribution in [-0.2, 0) is 9.59 Å². The van der Waals surface area contributed by atoms with E-state index in [0.29, 0.717) is 23.0 Å². The Morgan fingerprint density at radius 2 is 2.07 bits per heavy atom. The molecule has 2 fully saturated rings. The highest BCUT2D eigenvalue weighted by Gasteiger charge is 2.51. The number of nitrogens with zero attached hydrogens (tertiary/aromatic N) is 2. The van der Waals surface area contributed by atoms with E-state index in [2.05, 4.69) is 15.6 Å². The van der Waals surface area contributed by atoms with Crippen molar-refractivity contribution in [1.82, 2.24) is 15.2 Å². The van der Waals surface area contributed by atoms with Gasteiger partial charge in [0.05, 0.1) is 10.2 Å². The van der Waals surface area contributed by atoms with E-state index in [4.69, 9.17) is 11.6 Å².